The van der Waals surface area contributed by atoms with Crippen LogP contribution in [0, 0.1) is 5.92 Å². The molecule has 1 unspecified atom stereocenters. The van der Waals surface area contributed by atoms with Gasteiger partial charge in [0, 0.05) is 19.6 Å². The molecule has 0 aromatic carbocycles. The van der Waals surface area contributed by atoms with E-state index in [2.05, 4.69) is 39.5 Å². The number of nitrogens with zero attached hydrogens (tertiary/aromatic N) is 1. The van der Waals surface area contributed by atoms with E-state index in [1.165, 1.54) is 6.42 Å². The Morgan fingerprint density at radius 3 is 2.18 bits per heavy atom. The highest BCUT2D eigenvalue weighted by atomic mass is 16.5. The van der Waals surface area contributed by atoms with Gasteiger partial charge in [0.05, 0.1) is 11.2 Å². The highest BCUT2D eigenvalue weighted by molar-refractivity contribution is 4.89. The van der Waals surface area contributed by atoms with Gasteiger partial charge < -0.3 is 10.5 Å². The Labute approximate surface area is 107 Å². The number of morpholine rings is 1. The number of hydrogen-bond acceptors (Lipinski definition) is 3. The highest BCUT2D eigenvalue weighted by Crippen LogP contribution is 2.28. The Bertz CT molecular complexity index is 222. The van der Waals surface area contributed by atoms with E-state index in [4.69, 9.17) is 10.5 Å². The van der Waals surface area contributed by atoms with Gasteiger partial charge in [-0.1, -0.05) is 6.92 Å². The average Bonchev–Trinajstić information content (AvgIpc) is 2.09. The molecule has 3 nitrogen and oxygen atoms in total. The summed E-state index contributed by atoms with van der Waals surface area (Å²) in [5.41, 5.74) is 5.50. The minimum atomic E-state index is -0.0324. The third kappa shape index (κ3) is 5.36. The zero-order valence-corrected chi connectivity index (χ0v) is 12.3. The molecule has 1 saturated heterocycles. The van der Waals surface area contributed by atoms with Crippen LogP contribution >= 0.6 is 0 Å². The monoisotopic (exact) mass is 242 g/mol. The first-order chi connectivity index (χ1) is 7.74. The Morgan fingerprint density at radius 1 is 1.18 bits per heavy atom. The Kier molecular flexibility index (Phi) is 4.99. The molecule has 2 N–H and O–H groups in total. The number of rotatable bonds is 5. The Hall–Kier alpha value is -0.120. The molecular weight excluding hydrogens is 212 g/mol. The summed E-state index contributed by atoms with van der Waals surface area (Å²) in [6, 6.07) is 0. The molecule has 0 spiro atoms. The first-order valence-electron chi connectivity index (χ1n) is 6.87. The van der Waals surface area contributed by atoms with Crippen molar-refractivity contribution < 1.29 is 4.74 Å². The SMILES string of the molecule is CC(CCCN)CN1CC(C)(C)OC(C)(C)C1. The Morgan fingerprint density at radius 2 is 1.71 bits per heavy atom. The van der Waals surface area contributed by atoms with Crippen LogP contribution in [0.2, 0.25) is 0 Å². The van der Waals surface area contributed by atoms with Gasteiger partial charge in [0.25, 0.3) is 0 Å². The highest BCUT2D eigenvalue weighted by Gasteiger charge is 2.38. The fourth-order valence-corrected chi connectivity index (χ4v) is 3.07. The van der Waals surface area contributed by atoms with E-state index in [0.717, 1.165) is 38.5 Å². The maximum absolute atomic E-state index is 6.09. The van der Waals surface area contributed by atoms with Crippen molar-refractivity contribution in [3.05, 3.63) is 0 Å². The van der Waals surface area contributed by atoms with E-state index in [1.807, 2.05) is 0 Å². The van der Waals surface area contributed by atoms with Crippen molar-refractivity contribution in [2.24, 2.45) is 11.7 Å². The van der Waals surface area contributed by atoms with Crippen molar-refractivity contribution in [2.45, 2.75) is 58.7 Å². The molecule has 0 bridgehead atoms. The maximum Gasteiger partial charge on any atom is 0.0760 e. The summed E-state index contributed by atoms with van der Waals surface area (Å²) in [5, 5.41) is 0. The molecule has 0 aromatic heterocycles. The van der Waals surface area contributed by atoms with E-state index in [1.54, 1.807) is 0 Å². The third-order valence-corrected chi connectivity index (χ3v) is 3.23. The molecule has 1 aliphatic rings. The van der Waals surface area contributed by atoms with Crippen LogP contribution in [0.15, 0.2) is 0 Å². The normalized spacial score (nSPS) is 25.8. The minimum absolute atomic E-state index is 0.0324. The molecule has 1 heterocycles. The lowest BCUT2D eigenvalue weighted by Gasteiger charge is -2.47. The summed E-state index contributed by atoms with van der Waals surface area (Å²) in [6.07, 6.45) is 2.37. The van der Waals surface area contributed by atoms with Crippen molar-refractivity contribution in [1.29, 1.82) is 0 Å². The number of nitrogens with two attached hydrogens (primary N) is 1. The summed E-state index contributed by atoms with van der Waals surface area (Å²) < 4.78 is 6.09. The molecular formula is C14H30N2O. The first-order valence-corrected chi connectivity index (χ1v) is 6.87. The lowest BCUT2D eigenvalue weighted by molar-refractivity contribution is -0.181. The molecule has 0 amide bonds. The van der Waals surface area contributed by atoms with Gasteiger partial charge in [0.15, 0.2) is 0 Å². The van der Waals surface area contributed by atoms with Gasteiger partial charge >= 0.3 is 0 Å². The van der Waals surface area contributed by atoms with Gasteiger partial charge in [-0.25, -0.2) is 0 Å². The summed E-state index contributed by atoms with van der Waals surface area (Å²) >= 11 is 0. The van der Waals surface area contributed by atoms with E-state index in [0.29, 0.717) is 0 Å². The van der Waals surface area contributed by atoms with Crippen LogP contribution in [-0.2, 0) is 4.74 Å². The zero-order chi connectivity index (χ0) is 13.1. The predicted molar refractivity (Wildman–Crippen MR) is 73.1 cm³/mol. The fraction of sp³-hybridized carbons (Fsp3) is 1.00. The van der Waals surface area contributed by atoms with Gasteiger partial charge in [-0.3, -0.25) is 4.90 Å². The summed E-state index contributed by atoms with van der Waals surface area (Å²) in [6.45, 7) is 15.1. The molecule has 1 aliphatic heterocycles. The Balaban J connectivity index is 2.47. The van der Waals surface area contributed by atoms with Gasteiger partial charge in [-0.05, 0) is 53.0 Å². The lowest BCUT2D eigenvalue weighted by atomic mass is 9.96. The standard InChI is InChI=1S/C14H30N2O/c1-12(7-6-8-15)9-16-10-13(2,3)17-14(4,5)11-16/h12H,6-11,15H2,1-5H3. The second kappa shape index (κ2) is 5.68. The van der Waals surface area contributed by atoms with E-state index >= 15 is 0 Å². The molecule has 1 rings (SSSR count). The number of ether oxygens (including phenoxy) is 1. The van der Waals surface area contributed by atoms with Crippen LogP contribution in [0.25, 0.3) is 0 Å². The summed E-state index contributed by atoms with van der Waals surface area (Å²) in [7, 11) is 0. The van der Waals surface area contributed by atoms with Crippen molar-refractivity contribution in [2.75, 3.05) is 26.2 Å². The number of hydrogen-bond donors (Lipinski definition) is 1. The minimum Gasteiger partial charge on any atom is -0.367 e. The van der Waals surface area contributed by atoms with Crippen LogP contribution < -0.4 is 5.73 Å². The molecule has 3 heteroatoms. The van der Waals surface area contributed by atoms with Gasteiger partial charge in [0.1, 0.15) is 0 Å². The largest absolute Gasteiger partial charge is 0.367 e. The van der Waals surface area contributed by atoms with Crippen LogP contribution in [-0.4, -0.2) is 42.3 Å². The quantitative estimate of drug-likeness (QED) is 0.803. The first kappa shape index (κ1) is 14.9. The molecule has 0 aliphatic carbocycles. The van der Waals surface area contributed by atoms with Gasteiger partial charge in [0.2, 0.25) is 0 Å². The molecule has 102 valence electrons. The van der Waals surface area contributed by atoms with Crippen LogP contribution in [0.3, 0.4) is 0 Å². The molecule has 17 heavy (non-hydrogen) atoms. The van der Waals surface area contributed by atoms with Crippen LogP contribution in [0.1, 0.15) is 47.5 Å². The predicted octanol–water partition coefficient (Wildman–Crippen LogP) is 2.25. The molecule has 0 saturated carbocycles. The molecule has 0 radical (unpaired) electrons. The second-order valence-corrected chi connectivity index (χ2v) is 6.83. The van der Waals surface area contributed by atoms with Crippen molar-refractivity contribution in [3.63, 3.8) is 0 Å². The van der Waals surface area contributed by atoms with E-state index < -0.39 is 0 Å². The topological polar surface area (TPSA) is 38.5 Å². The van der Waals surface area contributed by atoms with Crippen molar-refractivity contribution >= 4 is 0 Å². The van der Waals surface area contributed by atoms with Gasteiger partial charge in [-0.15, -0.1) is 0 Å². The van der Waals surface area contributed by atoms with Gasteiger partial charge in [-0.2, -0.15) is 0 Å². The second-order valence-electron chi connectivity index (χ2n) is 6.83. The summed E-state index contributed by atoms with van der Waals surface area (Å²) in [5.74, 6) is 0.725. The van der Waals surface area contributed by atoms with E-state index in [-0.39, 0.29) is 11.2 Å². The summed E-state index contributed by atoms with van der Waals surface area (Å²) in [4.78, 5) is 2.55. The molecule has 1 atom stereocenters. The van der Waals surface area contributed by atoms with Crippen molar-refractivity contribution in [1.82, 2.24) is 4.90 Å². The van der Waals surface area contributed by atoms with Crippen molar-refractivity contribution in [3.8, 4) is 0 Å². The van der Waals surface area contributed by atoms with Crippen LogP contribution in [0.4, 0.5) is 0 Å². The average molecular weight is 242 g/mol. The maximum atomic E-state index is 6.09. The molecule has 0 aromatic rings. The third-order valence-electron chi connectivity index (χ3n) is 3.23. The van der Waals surface area contributed by atoms with Crippen LogP contribution in [0.5, 0.6) is 0 Å². The fourth-order valence-electron chi connectivity index (χ4n) is 3.07. The zero-order valence-electron chi connectivity index (χ0n) is 12.3. The lowest BCUT2D eigenvalue weighted by Crippen LogP contribution is -2.57. The molecule has 1 fully saturated rings. The smallest absolute Gasteiger partial charge is 0.0760 e. The van der Waals surface area contributed by atoms with E-state index in [9.17, 15) is 0 Å².